The number of rotatable bonds is 6. The molecule has 1 N–H and O–H groups in total. The smallest absolute Gasteiger partial charge is 0.127 e. The van der Waals surface area contributed by atoms with Crippen molar-refractivity contribution in [2.75, 3.05) is 21.3 Å². The summed E-state index contributed by atoms with van der Waals surface area (Å²) in [6.45, 7) is 0. The minimum absolute atomic E-state index is 0.136. The van der Waals surface area contributed by atoms with Gasteiger partial charge in [0.25, 0.3) is 0 Å². The van der Waals surface area contributed by atoms with Gasteiger partial charge in [0, 0.05) is 12.5 Å². The third kappa shape index (κ3) is 3.15. The van der Waals surface area contributed by atoms with E-state index in [0.29, 0.717) is 6.42 Å². The van der Waals surface area contributed by atoms with Gasteiger partial charge in [-0.15, -0.1) is 12.3 Å². The molecule has 0 fully saturated rings. The fourth-order valence-electron chi connectivity index (χ4n) is 1.88. The van der Waals surface area contributed by atoms with E-state index in [2.05, 4.69) is 11.2 Å². The summed E-state index contributed by atoms with van der Waals surface area (Å²) in [5, 5.41) is 3.25. The fourth-order valence-corrected chi connectivity index (χ4v) is 1.88. The molecule has 1 aromatic carbocycles. The molecule has 0 radical (unpaired) electrons. The normalized spacial score (nSPS) is 11.6. The zero-order valence-electron chi connectivity index (χ0n) is 10.6. The Balaban J connectivity index is 3.10. The van der Waals surface area contributed by atoms with Crippen molar-refractivity contribution in [1.82, 2.24) is 5.32 Å². The highest BCUT2D eigenvalue weighted by atomic mass is 16.5. The molecule has 1 rings (SSSR count). The van der Waals surface area contributed by atoms with Gasteiger partial charge in [0.15, 0.2) is 0 Å². The molecule has 0 amide bonds. The van der Waals surface area contributed by atoms with Crippen LogP contribution in [0.5, 0.6) is 11.5 Å². The highest BCUT2D eigenvalue weighted by molar-refractivity contribution is 5.47. The van der Waals surface area contributed by atoms with Crippen LogP contribution in [0.25, 0.3) is 0 Å². The summed E-state index contributed by atoms with van der Waals surface area (Å²) in [6.07, 6.45) is 6.88. The van der Waals surface area contributed by atoms with Gasteiger partial charge in [-0.2, -0.15) is 0 Å². The maximum absolute atomic E-state index is 5.38. The topological polar surface area (TPSA) is 30.5 Å². The van der Waals surface area contributed by atoms with Crippen LogP contribution in [0.3, 0.4) is 0 Å². The van der Waals surface area contributed by atoms with E-state index in [4.69, 9.17) is 15.9 Å². The van der Waals surface area contributed by atoms with Crippen LogP contribution in [-0.4, -0.2) is 21.3 Å². The van der Waals surface area contributed by atoms with E-state index < -0.39 is 0 Å². The maximum Gasteiger partial charge on any atom is 0.127 e. The van der Waals surface area contributed by atoms with Crippen LogP contribution in [0.1, 0.15) is 24.4 Å². The summed E-state index contributed by atoms with van der Waals surface area (Å²) in [5.41, 5.74) is 1.02. The van der Waals surface area contributed by atoms with Gasteiger partial charge in [-0.05, 0) is 25.6 Å². The first kappa shape index (κ1) is 13.4. The molecule has 0 aliphatic heterocycles. The molecule has 0 saturated carbocycles. The molecule has 0 spiro atoms. The van der Waals surface area contributed by atoms with Crippen molar-refractivity contribution in [1.29, 1.82) is 0 Å². The molecule has 3 heteroatoms. The molecule has 0 heterocycles. The van der Waals surface area contributed by atoms with Crippen molar-refractivity contribution in [2.45, 2.75) is 18.9 Å². The molecule has 3 nitrogen and oxygen atoms in total. The Bertz CT molecular complexity index is 373. The highest BCUT2D eigenvalue weighted by Crippen LogP contribution is 2.35. The van der Waals surface area contributed by atoms with E-state index >= 15 is 0 Å². The van der Waals surface area contributed by atoms with Gasteiger partial charge in [-0.3, -0.25) is 0 Å². The minimum atomic E-state index is 0.136. The Kier molecular flexibility index (Phi) is 5.38. The Morgan fingerprint density at radius 3 is 2.29 bits per heavy atom. The summed E-state index contributed by atoms with van der Waals surface area (Å²) in [6, 6.07) is 5.91. The summed E-state index contributed by atoms with van der Waals surface area (Å²) in [5.74, 6) is 4.30. The number of ether oxygens (including phenoxy) is 2. The highest BCUT2D eigenvalue weighted by Gasteiger charge is 2.18. The number of methoxy groups -OCH3 is 2. The molecule has 0 aliphatic rings. The summed E-state index contributed by atoms with van der Waals surface area (Å²) in [7, 11) is 5.23. The summed E-state index contributed by atoms with van der Waals surface area (Å²) in [4.78, 5) is 0. The Hall–Kier alpha value is -1.66. The van der Waals surface area contributed by atoms with Crippen LogP contribution in [0.2, 0.25) is 0 Å². The van der Waals surface area contributed by atoms with Crippen molar-refractivity contribution in [3.8, 4) is 23.8 Å². The van der Waals surface area contributed by atoms with Crippen molar-refractivity contribution < 1.29 is 9.47 Å². The molecule has 92 valence electrons. The first-order valence-electron chi connectivity index (χ1n) is 5.60. The van der Waals surface area contributed by atoms with Crippen molar-refractivity contribution in [2.24, 2.45) is 0 Å². The van der Waals surface area contributed by atoms with E-state index in [9.17, 15) is 0 Å². The minimum Gasteiger partial charge on any atom is -0.496 e. The van der Waals surface area contributed by atoms with Gasteiger partial charge >= 0.3 is 0 Å². The molecular formula is C14H19NO2. The molecule has 0 aromatic heterocycles. The largest absolute Gasteiger partial charge is 0.496 e. The molecule has 0 aliphatic carbocycles. The first-order valence-corrected chi connectivity index (χ1v) is 5.60. The fraction of sp³-hybridized carbons (Fsp3) is 0.429. The van der Waals surface area contributed by atoms with Gasteiger partial charge in [-0.25, -0.2) is 0 Å². The van der Waals surface area contributed by atoms with Crippen LogP contribution in [0, 0.1) is 12.3 Å². The Morgan fingerprint density at radius 1 is 1.29 bits per heavy atom. The Morgan fingerprint density at radius 2 is 1.88 bits per heavy atom. The van der Waals surface area contributed by atoms with Crippen LogP contribution >= 0.6 is 0 Å². The van der Waals surface area contributed by atoms with Crippen LogP contribution in [0.15, 0.2) is 18.2 Å². The zero-order valence-corrected chi connectivity index (χ0v) is 10.6. The van der Waals surface area contributed by atoms with Gasteiger partial charge in [-0.1, -0.05) is 6.07 Å². The molecule has 1 aromatic rings. The zero-order chi connectivity index (χ0) is 12.7. The van der Waals surface area contributed by atoms with Crippen LogP contribution in [0.4, 0.5) is 0 Å². The molecule has 1 unspecified atom stereocenters. The third-order valence-electron chi connectivity index (χ3n) is 2.74. The van der Waals surface area contributed by atoms with E-state index in [1.807, 2.05) is 25.2 Å². The summed E-state index contributed by atoms with van der Waals surface area (Å²) >= 11 is 0. The third-order valence-corrected chi connectivity index (χ3v) is 2.74. The number of hydrogen-bond acceptors (Lipinski definition) is 3. The lowest BCUT2D eigenvalue weighted by Crippen LogP contribution is -2.18. The van der Waals surface area contributed by atoms with Crippen molar-refractivity contribution >= 4 is 0 Å². The maximum atomic E-state index is 5.38. The van der Waals surface area contributed by atoms with E-state index in [1.165, 1.54) is 0 Å². The molecule has 0 saturated heterocycles. The summed E-state index contributed by atoms with van der Waals surface area (Å²) < 4.78 is 10.8. The number of terminal acetylenes is 1. The van der Waals surface area contributed by atoms with Gasteiger partial charge < -0.3 is 14.8 Å². The first-order chi connectivity index (χ1) is 8.28. The lowest BCUT2D eigenvalue weighted by Gasteiger charge is -2.21. The molecule has 0 bridgehead atoms. The predicted molar refractivity (Wildman–Crippen MR) is 69.4 cm³/mol. The molecule has 17 heavy (non-hydrogen) atoms. The van der Waals surface area contributed by atoms with E-state index in [0.717, 1.165) is 23.5 Å². The van der Waals surface area contributed by atoms with E-state index in [-0.39, 0.29) is 6.04 Å². The number of benzene rings is 1. The average molecular weight is 233 g/mol. The van der Waals surface area contributed by atoms with Gasteiger partial charge in [0.2, 0.25) is 0 Å². The second-order valence-corrected chi connectivity index (χ2v) is 3.66. The quantitative estimate of drug-likeness (QED) is 0.765. The SMILES string of the molecule is C#CCCC(NC)c1c(OC)cccc1OC. The molecule has 1 atom stereocenters. The van der Waals surface area contributed by atoms with Crippen LogP contribution < -0.4 is 14.8 Å². The van der Waals surface area contributed by atoms with E-state index in [1.54, 1.807) is 14.2 Å². The lowest BCUT2D eigenvalue weighted by atomic mass is 10.00. The van der Waals surface area contributed by atoms with Crippen LogP contribution in [-0.2, 0) is 0 Å². The van der Waals surface area contributed by atoms with Gasteiger partial charge in [0.05, 0.1) is 19.8 Å². The number of hydrogen-bond donors (Lipinski definition) is 1. The Labute approximate surface area is 103 Å². The number of nitrogens with one attached hydrogen (secondary N) is 1. The van der Waals surface area contributed by atoms with Gasteiger partial charge in [0.1, 0.15) is 11.5 Å². The second-order valence-electron chi connectivity index (χ2n) is 3.66. The van der Waals surface area contributed by atoms with Crippen molar-refractivity contribution in [3.63, 3.8) is 0 Å². The predicted octanol–water partition coefficient (Wildman–Crippen LogP) is 2.38. The standard InChI is InChI=1S/C14H19NO2/c1-5-6-8-11(15-2)14-12(16-3)9-7-10-13(14)17-4/h1,7,9-11,15H,6,8H2,2-4H3. The molecular weight excluding hydrogens is 214 g/mol. The monoisotopic (exact) mass is 233 g/mol. The van der Waals surface area contributed by atoms with Crippen molar-refractivity contribution in [3.05, 3.63) is 23.8 Å². The lowest BCUT2D eigenvalue weighted by molar-refractivity contribution is 0.370. The average Bonchev–Trinajstić information content (AvgIpc) is 2.39. The second kappa shape index (κ2) is 6.82.